The van der Waals surface area contributed by atoms with E-state index in [1.807, 2.05) is 30.3 Å². The first kappa shape index (κ1) is 19.1. The number of aromatic nitrogens is 2. The van der Waals surface area contributed by atoms with Gasteiger partial charge in [0.2, 0.25) is 5.91 Å². The Bertz CT molecular complexity index is 753. The molecule has 0 aliphatic carbocycles. The van der Waals surface area contributed by atoms with Crippen LogP contribution in [0.25, 0.3) is 11.3 Å². The molecule has 1 fully saturated rings. The molecule has 0 radical (unpaired) electrons. The van der Waals surface area contributed by atoms with Crippen molar-refractivity contribution < 1.29 is 9.53 Å². The fourth-order valence-electron chi connectivity index (χ4n) is 3.26. The van der Waals surface area contributed by atoms with E-state index in [-0.39, 0.29) is 11.8 Å². The SMILES string of the molecule is COc1ccc(-c2cc(N3CCC(C(=O)NCC(C)C)CC3)ncn2)cc1. The fraction of sp³-hybridized carbons (Fsp3) is 0.476. The highest BCUT2D eigenvalue weighted by Gasteiger charge is 2.25. The lowest BCUT2D eigenvalue weighted by Gasteiger charge is -2.32. The summed E-state index contributed by atoms with van der Waals surface area (Å²) in [5.41, 5.74) is 1.92. The predicted octanol–water partition coefficient (Wildman–Crippen LogP) is 3.14. The molecule has 144 valence electrons. The van der Waals surface area contributed by atoms with Crippen molar-refractivity contribution in [3.63, 3.8) is 0 Å². The highest BCUT2D eigenvalue weighted by Crippen LogP contribution is 2.26. The molecular weight excluding hydrogens is 340 g/mol. The number of benzene rings is 1. The van der Waals surface area contributed by atoms with Gasteiger partial charge in [-0.1, -0.05) is 13.8 Å². The summed E-state index contributed by atoms with van der Waals surface area (Å²) in [7, 11) is 1.66. The molecule has 1 aliphatic rings. The van der Waals surface area contributed by atoms with Gasteiger partial charge in [0, 0.05) is 37.2 Å². The summed E-state index contributed by atoms with van der Waals surface area (Å²) in [5.74, 6) is 2.50. The molecule has 1 aromatic heterocycles. The van der Waals surface area contributed by atoms with Crippen LogP contribution in [-0.4, -0.2) is 42.6 Å². The molecule has 27 heavy (non-hydrogen) atoms. The smallest absolute Gasteiger partial charge is 0.223 e. The molecule has 1 amide bonds. The number of anilines is 1. The molecule has 0 bridgehead atoms. The molecular formula is C21H28N4O2. The molecule has 1 aliphatic heterocycles. The van der Waals surface area contributed by atoms with E-state index in [9.17, 15) is 4.79 Å². The zero-order chi connectivity index (χ0) is 19.2. The van der Waals surface area contributed by atoms with Crippen molar-refractivity contribution in [3.8, 4) is 17.0 Å². The minimum Gasteiger partial charge on any atom is -0.497 e. The zero-order valence-corrected chi connectivity index (χ0v) is 16.3. The third kappa shape index (κ3) is 4.96. The second kappa shape index (κ2) is 8.84. The number of hydrogen-bond acceptors (Lipinski definition) is 5. The van der Waals surface area contributed by atoms with Crippen LogP contribution in [0.3, 0.4) is 0 Å². The van der Waals surface area contributed by atoms with Gasteiger partial charge in [0.25, 0.3) is 0 Å². The number of ether oxygens (including phenoxy) is 1. The Morgan fingerprint density at radius 2 is 1.93 bits per heavy atom. The normalized spacial score (nSPS) is 15.0. The van der Waals surface area contributed by atoms with Crippen LogP contribution in [0.5, 0.6) is 5.75 Å². The Hall–Kier alpha value is -2.63. The summed E-state index contributed by atoms with van der Waals surface area (Å²) >= 11 is 0. The van der Waals surface area contributed by atoms with Crippen molar-refractivity contribution in [1.29, 1.82) is 0 Å². The number of hydrogen-bond donors (Lipinski definition) is 1. The Balaban J connectivity index is 1.62. The number of amides is 1. The van der Waals surface area contributed by atoms with Crippen LogP contribution < -0.4 is 15.0 Å². The van der Waals surface area contributed by atoms with Crippen molar-refractivity contribution in [1.82, 2.24) is 15.3 Å². The monoisotopic (exact) mass is 368 g/mol. The van der Waals surface area contributed by atoms with Gasteiger partial charge in [-0.3, -0.25) is 4.79 Å². The predicted molar refractivity (Wildman–Crippen MR) is 107 cm³/mol. The van der Waals surface area contributed by atoms with E-state index in [1.54, 1.807) is 13.4 Å². The van der Waals surface area contributed by atoms with E-state index in [0.29, 0.717) is 5.92 Å². The molecule has 0 saturated carbocycles. The van der Waals surface area contributed by atoms with E-state index >= 15 is 0 Å². The molecule has 0 atom stereocenters. The number of methoxy groups -OCH3 is 1. The van der Waals surface area contributed by atoms with Crippen molar-refractivity contribution >= 4 is 11.7 Å². The first-order chi connectivity index (χ1) is 13.1. The molecule has 0 spiro atoms. The quantitative estimate of drug-likeness (QED) is 0.848. The minimum atomic E-state index is 0.0999. The Morgan fingerprint density at radius 1 is 1.22 bits per heavy atom. The van der Waals surface area contributed by atoms with E-state index in [4.69, 9.17) is 4.74 Å². The number of carbonyl (C=O) groups excluding carboxylic acids is 1. The average molecular weight is 368 g/mol. The van der Waals surface area contributed by atoms with Crippen molar-refractivity contribution in [2.45, 2.75) is 26.7 Å². The van der Waals surface area contributed by atoms with Gasteiger partial charge in [-0.2, -0.15) is 0 Å². The first-order valence-corrected chi connectivity index (χ1v) is 9.56. The maximum absolute atomic E-state index is 12.3. The van der Waals surface area contributed by atoms with Crippen LogP contribution in [0.4, 0.5) is 5.82 Å². The van der Waals surface area contributed by atoms with E-state index < -0.39 is 0 Å². The van der Waals surface area contributed by atoms with Gasteiger partial charge in [-0.15, -0.1) is 0 Å². The molecule has 3 rings (SSSR count). The number of nitrogens with one attached hydrogen (secondary N) is 1. The van der Waals surface area contributed by atoms with Crippen molar-refractivity contribution in [3.05, 3.63) is 36.7 Å². The topological polar surface area (TPSA) is 67.3 Å². The fourth-order valence-corrected chi connectivity index (χ4v) is 3.26. The molecule has 6 nitrogen and oxygen atoms in total. The first-order valence-electron chi connectivity index (χ1n) is 9.56. The van der Waals surface area contributed by atoms with Gasteiger partial charge in [-0.05, 0) is 43.0 Å². The molecule has 1 aromatic carbocycles. The van der Waals surface area contributed by atoms with Crippen LogP contribution in [-0.2, 0) is 4.79 Å². The highest BCUT2D eigenvalue weighted by molar-refractivity contribution is 5.79. The van der Waals surface area contributed by atoms with Crippen molar-refractivity contribution in [2.75, 3.05) is 31.6 Å². The summed E-state index contributed by atoms with van der Waals surface area (Å²) < 4.78 is 5.21. The van der Waals surface area contributed by atoms with Gasteiger partial charge < -0.3 is 15.0 Å². The molecule has 0 unspecified atom stereocenters. The standard InChI is InChI=1S/C21H28N4O2/c1-15(2)13-22-21(26)17-8-10-25(11-9-17)20-12-19(23-14-24-20)16-4-6-18(27-3)7-5-16/h4-7,12,14-15,17H,8-11,13H2,1-3H3,(H,22,26). The lowest BCUT2D eigenvalue weighted by atomic mass is 9.95. The van der Waals surface area contributed by atoms with Gasteiger partial charge in [0.15, 0.2) is 0 Å². The lowest BCUT2D eigenvalue weighted by molar-refractivity contribution is -0.125. The van der Waals surface area contributed by atoms with Gasteiger partial charge in [0.1, 0.15) is 17.9 Å². The van der Waals surface area contributed by atoms with Crippen LogP contribution in [0, 0.1) is 11.8 Å². The zero-order valence-electron chi connectivity index (χ0n) is 16.3. The number of nitrogens with zero attached hydrogens (tertiary/aromatic N) is 3. The van der Waals surface area contributed by atoms with Crippen LogP contribution in [0.2, 0.25) is 0 Å². The summed E-state index contributed by atoms with van der Waals surface area (Å²) in [6.45, 7) is 6.63. The second-order valence-electron chi connectivity index (χ2n) is 7.39. The summed E-state index contributed by atoms with van der Waals surface area (Å²) in [6, 6.07) is 9.87. The molecule has 2 heterocycles. The van der Waals surface area contributed by atoms with Gasteiger partial charge in [-0.25, -0.2) is 9.97 Å². The minimum absolute atomic E-state index is 0.0999. The third-order valence-corrected chi connectivity index (χ3v) is 4.91. The Kier molecular flexibility index (Phi) is 6.27. The molecule has 1 N–H and O–H groups in total. The lowest BCUT2D eigenvalue weighted by Crippen LogP contribution is -2.41. The third-order valence-electron chi connectivity index (χ3n) is 4.91. The molecule has 2 aromatic rings. The van der Waals surface area contributed by atoms with Crippen LogP contribution >= 0.6 is 0 Å². The highest BCUT2D eigenvalue weighted by atomic mass is 16.5. The van der Waals surface area contributed by atoms with Crippen LogP contribution in [0.15, 0.2) is 36.7 Å². The molecule has 6 heteroatoms. The summed E-state index contributed by atoms with van der Waals surface area (Å²) in [4.78, 5) is 23.4. The van der Waals surface area contributed by atoms with E-state index in [2.05, 4.69) is 34.0 Å². The van der Waals surface area contributed by atoms with Gasteiger partial charge in [0.05, 0.1) is 12.8 Å². The van der Waals surface area contributed by atoms with Crippen LogP contribution in [0.1, 0.15) is 26.7 Å². The Labute approximate surface area is 161 Å². The average Bonchev–Trinajstić information content (AvgIpc) is 2.72. The molecule has 1 saturated heterocycles. The summed E-state index contributed by atoms with van der Waals surface area (Å²) in [6.07, 6.45) is 3.31. The second-order valence-corrected chi connectivity index (χ2v) is 7.39. The number of rotatable bonds is 6. The largest absolute Gasteiger partial charge is 0.497 e. The van der Waals surface area contributed by atoms with E-state index in [0.717, 1.165) is 55.3 Å². The number of carbonyl (C=O) groups is 1. The van der Waals surface area contributed by atoms with Gasteiger partial charge >= 0.3 is 0 Å². The summed E-state index contributed by atoms with van der Waals surface area (Å²) in [5, 5.41) is 3.05. The van der Waals surface area contributed by atoms with E-state index in [1.165, 1.54) is 0 Å². The Morgan fingerprint density at radius 3 is 2.56 bits per heavy atom. The number of piperidine rings is 1. The maximum atomic E-state index is 12.3. The van der Waals surface area contributed by atoms with Crippen molar-refractivity contribution in [2.24, 2.45) is 11.8 Å². The maximum Gasteiger partial charge on any atom is 0.223 e.